The van der Waals surface area contributed by atoms with E-state index >= 15 is 0 Å². The number of hydrogen-bond acceptors (Lipinski definition) is 3. The molecule has 2 N–H and O–H groups in total. The molecule has 0 spiro atoms. The molecule has 0 aliphatic carbocycles. The fourth-order valence-electron chi connectivity index (χ4n) is 1.86. The molecule has 0 radical (unpaired) electrons. The number of carbonyl (C=O) groups is 1. The van der Waals surface area contributed by atoms with Gasteiger partial charge in [0.15, 0.2) is 0 Å². The van der Waals surface area contributed by atoms with Crippen LogP contribution < -0.4 is 5.43 Å². The van der Waals surface area contributed by atoms with E-state index in [1.54, 1.807) is 6.92 Å². The van der Waals surface area contributed by atoms with Crippen molar-refractivity contribution in [2.45, 2.75) is 19.4 Å². The van der Waals surface area contributed by atoms with E-state index in [1.165, 1.54) is 24.3 Å². The van der Waals surface area contributed by atoms with E-state index in [-0.39, 0.29) is 24.1 Å². The van der Waals surface area contributed by atoms with Crippen LogP contribution in [0, 0.1) is 11.7 Å². The average molecular weight is 236 g/mol. The Balaban J connectivity index is 2.22. The summed E-state index contributed by atoms with van der Waals surface area (Å²) in [6, 6.07) is 5.60. The standard InChI is InChI=1S/C12H13FN2O2/c1-7-10(6-11(16)15-14-7)12(17)8-2-4-9(13)5-3-8/h2-5,10,12,17H,6H2,1H3,(H,15,16). The van der Waals surface area contributed by atoms with Crippen LogP contribution in [0.5, 0.6) is 0 Å². The second-order valence-corrected chi connectivity index (χ2v) is 4.10. The van der Waals surface area contributed by atoms with Gasteiger partial charge in [-0.15, -0.1) is 0 Å². The first kappa shape index (κ1) is 11.7. The average Bonchev–Trinajstić information content (AvgIpc) is 2.32. The fourth-order valence-corrected chi connectivity index (χ4v) is 1.86. The number of hydrogen-bond donors (Lipinski definition) is 2. The van der Waals surface area contributed by atoms with Gasteiger partial charge in [-0.05, 0) is 24.6 Å². The summed E-state index contributed by atoms with van der Waals surface area (Å²) in [7, 11) is 0. The van der Waals surface area contributed by atoms with E-state index in [4.69, 9.17) is 0 Å². The Hall–Kier alpha value is -1.75. The van der Waals surface area contributed by atoms with Crippen molar-refractivity contribution in [2.75, 3.05) is 0 Å². The van der Waals surface area contributed by atoms with Gasteiger partial charge in [0, 0.05) is 18.1 Å². The Morgan fingerprint density at radius 3 is 2.76 bits per heavy atom. The van der Waals surface area contributed by atoms with Crippen molar-refractivity contribution < 1.29 is 14.3 Å². The highest BCUT2D eigenvalue weighted by atomic mass is 19.1. The molecule has 1 aromatic carbocycles. The molecule has 2 unspecified atom stereocenters. The van der Waals surface area contributed by atoms with E-state index in [2.05, 4.69) is 10.5 Å². The van der Waals surface area contributed by atoms with Gasteiger partial charge < -0.3 is 5.11 Å². The van der Waals surface area contributed by atoms with Gasteiger partial charge in [0.05, 0.1) is 6.10 Å². The Bertz CT molecular complexity index is 456. The molecule has 1 aliphatic heterocycles. The molecule has 1 aromatic rings. The highest BCUT2D eigenvalue weighted by Gasteiger charge is 2.29. The first-order valence-electron chi connectivity index (χ1n) is 5.34. The van der Waals surface area contributed by atoms with Gasteiger partial charge in [-0.1, -0.05) is 12.1 Å². The summed E-state index contributed by atoms with van der Waals surface area (Å²) >= 11 is 0. The van der Waals surface area contributed by atoms with E-state index in [0.717, 1.165) is 0 Å². The third-order valence-electron chi connectivity index (χ3n) is 2.89. The minimum Gasteiger partial charge on any atom is -0.388 e. The maximum Gasteiger partial charge on any atom is 0.240 e. The number of carbonyl (C=O) groups excluding carboxylic acids is 1. The highest BCUT2D eigenvalue weighted by molar-refractivity contribution is 5.93. The SMILES string of the molecule is CC1=NNC(=O)CC1C(O)c1ccc(F)cc1. The van der Waals surface area contributed by atoms with Crippen molar-refractivity contribution in [2.24, 2.45) is 11.0 Å². The molecule has 0 aromatic heterocycles. The topological polar surface area (TPSA) is 61.7 Å². The quantitative estimate of drug-likeness (QED) is 0.814. The monoisotopic (exact) mass is 236 g/mol. The number of amides is 1. The molecule has 4 nitrogen and oxygen atoms in total. The van der Waals surface area contributed by atoms with Crippen LogP contribution in [0.15, 0.2) is 29.4 Å². The van der Waals surface area contributed by atoms with Gasteiger partial charge in [-0.3, -0.25) is 4.79 Å². The molecule has 1 heterocycles. The lowest BCUT2D eigenvalue weighted by atomic mass is 9.88. The number of aliphatic hydroxyl groups excluding tert-OH is 1. The third-order valence-corrected chi connectivity index (χ3v) is 2.89. The lowest BCUT2D eigenvalue weighted by molar-refractivity contribution is -0.122. The van der Waals surface area contributed by atoms with Crippen LogP contribution in [0.3, 0.4) is 0 Å². The second kappa shape index (κ2) is 4.63. The number of nitrogens with zero attached hydrogens (tertiary/aromatic N) is 1. The Labute approximate surface area is 98.2 Å². The van der Waals surface area contributed by atoms with Crippen LogP contribution in [0.1, 0.15) is 25.0 Å². The van der Waals surface area contributed by atoms with Crippen molar-refractivity contribution in [3.8, 4) is 0 Å². The third kappa shape index (κ3) is 2.50. The summed E-state index contributed by atoms with van der Waals surface area (Å²) in [6.45, 7) is 1.75. The van der Waals surface area contributed by atoms with Crippen LogP contribution in [0.25, 0.3) is 0 Å². The zero-order chi connectivity index (χ0) is 12.4. The Kier molecular flexibility index (Phi) is 3.19. The Morgan fingerprint density at radius 1 is 1.47 bits per heavy atom. The van der Waals surface area contributed by atoms with Crippen molar-refractivity contribution in [1.29, 1.82) is 0 Å². The number of nitrogens with one attached hydrogen (secondary N) is 1. The van der Waals surface area contributed by atoms with Gasteiger partial charge in [0.2, 0.25) is 5.91 Å². The molecule has 0 saturated carbocycles. The molecule has 1 amide bonds. The molecule has 90 valence electrons. The maximum atomic E-state index is 12.8. The number of rotatable bonds is 2. The first-order valence-corrected chi connectivity index (χ1v) is 5.34. The van der Waals surface area contributed by atoms with Gasteiger partial charge >= 0.3 is 0 Å². The van der Waals surface area contributed by atoms with Gasteiger partial charge in [0.25, 0.3) is 0 Å². The molecule has 0 saturated heterocycles. The predicted octanol–water partition coefficient (Wildman–Crippen LogP) is 1.37. The molecular formula is C12H13FN2O2. The van der Waals surface area contributed by atoms with Gasteiger partial charge in [0.1, 0.15) is 5.82 Å². The minimum absolute atomic E-state index is 0.188. The molecule has 0 bridgehead atoms. The zero-order valence-corrected chi connectivity index (χ0v) is 9.35. The molecule has 2 rings (SSSR count). The van der Waals surface area contributed by atoms with Crippen LogP contribution in [-0.4, -0.2) is 16.7 Å². The van der Waals surface area contributed by atoms with Crippen molar-refractivity contribution in [1.82, 2.24) is 5.43 Å². The number of hydrazone groups is 1. The lowest BCUT2D eigenvalue weighted by Crippen LogP contribution is -2.34. The molecule has 5 heteroatoms. The number of benzene rings is 1. The highest BCUT2D eigenvalue weighted by Crippen LogP contribution is 2.27. The van der Waals surface area contributed by atoms with Gasteiger partial charge in [-0.25, -0.2) is 9.82 Å². The predicted molar refractivity (Wildman–Crippen MR) is 60.7 cm³/mol. The summed E-state index contributed by atoms with van der Waals surface area (Å²) in [6.07, 6.45) is -0.654. The van der Waals surface area contributed by atoms with Crippen LogP contribution >= 0.6 is 0 Å². The smallest absolute Gasteiger partial charge is 0.240 e. The van der Waals surface area contributed by atoms with E-state index in [0.29, 0.717) is 11.3 Å². The van der Waals surface area contributed by atoms with Crippen molar-refractivity contribution >= 4 is 11.6 Å². The van der Waals surface area contributed by atoms with E-state index in [9.17, 15) is 14.3 Å². The lowest BCUT2D eigenvalue weighted by Gasteiger charge is -2.25. The summed E-state index contributed by atoms with van der Waals surface area (Å²) in [5, 5.41) is 14.0. The fraction of sp³-hybridized carbons (Fsp3) is 0.333. The molecule has 17 heavy (non-hydrogen) atoms. The van der Waals surface area contributed by atoms with E-state index in [1.807, 2.05) is 0 Å². The molecule has 0 fully saturated rings. The van der Waals surface area contributed by atoms with Crippen LogP contribution in [0.2, 0.25) is 0 Å². The van der Waals surface area contributed by atoms with Crippen molar-refractivity contribution in [3.05, 3.63) is 35.6 Å². The van der Waals surface area contributed by atoms with Gasteiger partial charge in [-0.2, -0.15) is 5.10 Å². The molecular weight excluding hydrogens is 223 g/mol. The zero-order valence-electron chi connectivity index (χ0n) is 9.35. The number of halogens is 1. The number of aliphatic hydroxyl groups is 1. The molecule has 2 atom stereocenters. The molecule has 1 aliphatic rings. The summed E-state index contributed by atoms with van der Waals surface area (Å²) in [4.78, 5) is 11.2. The first-order chi connectivity index (χ1) is 8.08. The van der Waals surface area contributed by atoms with Crippen LogP contribution in [-0.2, 0) is 4.79 Å². The Morgan fingerprint density at radius 2 is 2.12 bits per heavy atom. The minimum atomic E-state index is -0.842. The van der Waals surface area contributed by atoms with Crippen molar-refractivity contribution in [3.63, 3.8) is 0 Å². The summed E-state index contributed by atoms with van der Waals surface area (Å²) in [5.74, 6) is -0.927. The van der Waals surface area contributed by atoms with E-state index < -0.39 is 6.10 Å². The summed E-state index contributed by atoms with van der Waals surface area (Å²) < 4.78 is 12.8. The van der Waals surface area contributed by atoms with Crippen LogP contribution in [0.4, 0.5) is 4.39 Å². The largest absolute Gasteiger partial charge is 0.388 e. The summed E-state index contributed by atoms with van der Waals surface area (Å²) in [5.41, 5.74) is 3.61. The second-order valence-electron chi connectivity index (χ2n) is 4.10. The normalized spacial score (nSPS) is 21.7. The maximum absolute atomic E-state index is 12.8.